The Balaban J connectivity index is 2.51. The van der Waals surface area contributed by atoms with E-state index in [0.29, 0.717) is 40.8 Å². The van der Waals surface area contributed by atoms with Crippen LogP contribution in [0.4, 0.5) is 18.2 Å². The first-order valence-corrected chi connectivity index (χ1v) is 8.41. The van der Waals surface area contributed by atoms with Crippen molar-refractivity contribution in [1.29, 1.82) is 0 Å². The minimum atomic E-state index is -4.43. The van der Waals surface area contributed by atoms with Crippen molar-refractivity contribution in [3.05, 3.63) is 35.0 Å². The highest BCUT2D eigenvalue weighted by Crippen LogP contribution is 2.47. The van der Waals surface area contributed by atoms with Gasteiger partial charge in [0.2, 0.25) is 0 Å². The number of rotatable bonds is 6. The molecule has 2 rings (SSSR count). The summed E-state index contributed by atoms with van der Waals surface area (Å²) in [6.07, 6.45) is -4.43. The van der Waals surface area contributed by atoms with Gasteiger partial charge in [-0.05, 0) is 19.4 Å². The van der Waals surface area contributed by atoms with Crippen molar-refractivity contribution in [1.82, 2.24) is 4.90 Å². The minimum Gasteiger partial charge on any atom is -0.380 e. The maximum atomic E-state index is 13.0. The maximum absolute atomic E-state index is 13.0. The number of thiophene rings is 1. The molecule has 1 aliphatic rings. The van der Waals surface area contributed by atoms with Crippen LogP contribution < -0.4 is 10.6 Å². The predicted octanol–water partition coefficient (Wildman–Crippen LogP) is 3.32. The number of halogens is 3. The van der Waals surface area contributed by atoms with Gasteiger partial charge in [-0.2, -0.15) is 13.2 Å². The summed E-state index contributed by atoms with van der Waals surface area (Å²) in [7, 11) is 0. The molecule has 0 fully saturated rings. The fraction of sp³-hybridized carbons (Fsp3) is 0.438. The first-order chi connectivity index (χ1) is 11.6. The molecular weight excluding hydrogens is 355 g/mol. The second-order valence-electron chi connectivity index (χ2n) is 5.51. The van der Waals surface area contributed by atoms with E-state index in [-0.39, 0.29) is 11.5 Å². The third-order valence-electron chi connectivity index (χ3n) is 3.84. The fourth-order valence-corrected chi connectivity index (χ4v) is 3.94. The third kappa shape index (κ3) is 3.82. The first kappa shape index (κ1) is 19.3. The van der Waals surface area contributed by atoms with Gasteiger partial charge >= 0.3 is 6.18 Å². The van der Waals surface area contributed by atoms with Crippen LogP contribution >= 0.6 is 11.3 Å². The van der Waals surface area contributed by atoms with Crippen molar-refractivity contribution in [2.24, 2.45) is 5.73 Å². The van der Waals surface area contributed by atoms with E-state index in [1.807, 2.05) is 6.92 Å². The van der Waals surface area contributed by atoms with Crippen molar-refractivity contribution >= 4 is 27.9 Å². The molecule has 1 amide bonds. The standard InChI is InChI=1S/C16H20F3N3O2S/c1-5-24-7-6-21-11(4)22(8-16(17,18)19)10(3)12-9(2)13(14(20)23)25-15(12)21/h3-8H2,1-2H3,(H2,20,23). The largest absolute Gasteiger partial charge is 0.406 e. The smallest absolute Gasteiger partial charge is 0.380 e. The number of alkyl halides is 3. The van der Waals surface area contributed by atoms with Gasteiger partial charge in [-0.1, -0.05) is 13.2 Å². The number of nitrogens with two attached hydrogens (primary N) is 1. The normalized spacial score (nSPS) is 14.9. The second kappa shape index (κ2) is 7.09. The molecule has 1 aromatic rings. The van der Waals surface area contributed by atoms with E-state index in [9.17, 15) is 18.0 Å². The number of nitrogens with zero attached hydrogens (tertiary/aromatic N) is 2. The van der Waals surface area contributed by atoms with Crippen LogP contribution in [0.5, 0.6) is 0 Å². The van der Waals surface area contributed by atoms with Crippen LogP contribution in [-0.2, 0) is 4.74 Å². The van der Waals surface area contributed by atoms with Crippen LogP contribution in [-0.4, -0.2) is 43.3 Å². The molecule has 138 valence electrons. The highest BCUT2D eigenvalue weighted by atomic mass is 32.1. The van der Waals surface area contributed by atoms with Crippen molar-refractivity contribution in [2.75, 3.05) is 31.2 Å². The summed E-state index contributed by atoms with van der Waals surface area (Å²) in [5.74, 6) is -0.478. The van der Waals surface area contributed by atoms with Crippen molar-refractivity contribution < 1.29 is 22.7 Å². The molecular formula is C16H20F3N3O2S. The molecule has 0 aliphatic carbocycles. The van der Waals surface area contributed by atoms with Crippen LogP contribution in [0.1, 0.15) is 27.7 Å². The number of ether oxygens (including phenoxy) is 1. The minimum absolute atomic E-state index is 0.145. The van der Waals surface area contributed by atoms with Crippen LogP contribution in [0, 0.1) is 6.92 Å². The molecule has 2 heterocycles. The van der Waals surface area contributed by atoms with Crippen molar-refractivity contribution in [3.63, 3.8) is 0 Å². The highest BCUT2D eigenvalue weighted by Gasteiger charge is 2.39. The average molecular weight is 375 g/mol. The Labute approximate surface area is 148 Å². The van der Waals surface area contributed by atoms with Gasteiger partial charge < -0.3 is 20.3 Å². The third-order valence-corrected chi connectivity index (χ3v) is 5.16. The highest BCUT2D eigenvalue weighted by molar-refractivity contribution is 7.18. The maximum Gasteiger partial charge on any atom is 0.406 e. The Morgan fingerprint density at radius 1 is 1.32 bits per heavy atom. The van der Waals surface area contributed by atoms with E-state index in [1.54, 1.807) is 11.8 Å². The predicted molar refractivity (Wildman–Crippen MR) is 92.3 cm³/mol. The van der Waals surface area contributed by atoms with E-state index in [1.165, 1.54) is 0 Å². The lowest BCUT2D eigenvalue weighted by Gasteiger charge is -2.41. The van der Waals surface area contributed by atoms with Gasteiger partial charge in [0.05, 0.1) is 11.5 Å². The first-order valence-electron chi connectivity index (χ1n) is 7.59. The molecule has 9 heteroatoms. The molecule has 0 bridgehead atoms. The fourth-order valence-electron chi connectivity index (χ4n) is 2.71. The van der Waals surface area contributed by atoms with E-state index in [0.717, 1.165) is 16.2 Å². The molecule has 0 saturated carbocycles. The molecule has 25 heavy (non-hydrogen) atoms. The van der Waals surface area contributed by atoms with Gasteiger partial charge in [0, 0.05) is 24.4 Å². The number of hydrogen-bond donors (Lipinski definition) is 1. The SMILES string of the molecule is C=C1c2c(sc(C(N)=O)c2C)N(CCOCC)C(=C)N1CC(F)(F)F. The Morgan fingerprint density at radius 2 is 1.96 bits per heavy atom. The number of carbonyl (C=O) groups is 1. The van der Waals surface area contributed by atoms with Gasteiger partial charge in [-0.15, -0.1) is 11.3 Å². The van der Waals surface area contributed by atoms with Crippen molar-refractivity contribution in [3.8, 4) is 0 Å². The number of hydrogen-bond acceptors (Lipinski definition) is 5. The number of anilines is 1. The summed E-state index contributed by atoms with van der Waals surface area (Å²) >= 11 is 1.13. The van der Waals surface area contributed by atoms with E-state index in [2.05, 4.69) is 13.2 Å². The van der Waals surface area contributed by atoms with Gasteiger partial charge in [0.25, 0.3) is 5.91 Å². The summed E-state index contributed by atoms with van der Waals surface area (Å²) < 4.78 is 44.3. The Bertz CT molecular complexity index is 712. The van der Waals surface area contributed by atoms with E-state index < -0.39 is 18.6 Å². The summed E-state index contributed by atoms with van der Waals surface area (Å²) in [5, 5.41) is 0.611. The average Bonchev–Trinajstić information content (AvgIpc) is 2.84. The van der Waals surface area contributed by atoms with E-state index in [4.69, 9.17) is 10.5 Å². The zero-order chi connectivity index (χ0) is 18.9. The van der Waals surface area contributed by atoms with Gasteiger partial charge in [0.15, 0.2) is 0 Å². The second-order valence-corrected chi connectivity index (χ2v) is 6.51. The summed E-state index contributed by atoms with van der Waals surface area (Å²) in [6, 6.07) is 0. The van der Waals surface area contributed by atoms with Gasteiger partial charge in [-0.25, -0.2) is 0 Å². The monoisotopic (exact) mass is 375 g/mol. The number of fused-ring (bicyclic) bond motifs is 1. The number of carbonyl (C=O) groups excluding carboxylic acids is 1. The van der Waals surface area contributed by atoms with Gasteiger partial charge in [0.1, 0.15) is 17.4 Å². The lowest BCUT2D eigenvalue weighted by atomic mass is 10.1. The van der Waals surface area contributed by atoms with Crippen LogP contribution in [0.3, 0.4) is 0 Å². The molecule has 0 unspecified atom stereocenters. The number of amides is 1. The molecule has 0 spiro atoms. The van der Waals surface area contributed by atoms with Crippen molar-refractivity contribution in [2.45, 2.75) is 20.0 Å². The Morgan fingerprint density at radius 3 is 2.48 bits per heavy atom. The zero-order valence-corrected chi connectivity index (χ0v) is 14.9. The quantitative estimate of drug-likeness (QED) is 0.775. The summed E-state index contributed by atoms with van der Waals surface area (Å²) in [4.78, 5) is 14.6. The molecule has 0 saturated heterocycles. The Kier molecular flexibility index (Phi) is 5.48. The van der Waals surface area contributed by atoms with Crippen LogP contribution in [0.2, 0.25) is 0 Å². The molecule has 0 atom stereocenters. The molecule has 5 nitrogen and oxygen atoms in total. The van der Waals surface area contributed by atoms with Crippen LogP contribution in [0.25, 0.3) is 5.70 Å². The molecule has 0 radical (unpaired) electrons. The topological polar surface area (TPSA) is 58.8 Å². The Hall–Kier alpha value is -2.00. The summed E-state index contributed by atoms with van der Waals surface area (Å²) in [5.41, 5.74) is 6.57. The summed E-state index contributed by atoms with van der Waals surface area (Å²) in [6.45, 7) is 11.0. The molecule has 1 aliphatic heterocycles. The zero-order valence-electron chi connectivity index (χ0n) is 14.1. The van der Waals surface area contributed by atoms with E-state index >= 15 is 0 Å². The lowest BCUT2D eigenvalue weighted by Crippen LogP contribution is -2.43. The molecule has 2 N–H and O–H groups in total. The lowest BCUT2D eigenvalue weighted by molar-refractivity contribution is -0.136. The molecule has 1 aromatic heterocycles. The van der Waals surface area contributed by atoms with Crippen LogP contribution in [0.15, 0.2) is 19.0 Å². The van der Waals surface area contributed by atoms with Gasteiger partial charge in [-0.3, -0.25) is 4.79 Å². The molecule has 0 aromatic carbocycles. The number of primary amides is 1.